The maximum Gasteiger partial charge on any atom is 0.222 e. The van der Waals surface area contributed by atoms with Crippen molar-refractivity contribution < 1.29 is 4.79 Å². The topological polar surface area (TPSA) is 32.3 Å². The molecule has 0 spiro atoms. The minimum Gasteiger partial charge on any atom is -0.343 e. The molecule has 116 valence electrons. The Bertz CT molecular complexity index is 302. The summed E-state index contributed by atoms with van der Waals surface area (Å²) in [4.78, 5) is 14.6. The summed E-state index contributed by atoms with van der Waals surface area (Å²) < 4.78 is 0. The first-order valence-corrected chi connectivity index (χ1v) is 8.56. The Morgan fingerprint density at radius 2 is 1.65 bits per heavy atom. The lowest BCUT2D eigenvalue weighted by Gasteiger charge is -2.35. The van der Waals surface area contributed by atoms with Gasteiger partial charge in [0.15, 0.2) is 0 Å². The summed E-state index contributed by atoms with van der Waals surface area (Å²) in [6, 6.07) is 0. The summed E-state index contributed by atoms with van der Waals surface area (Å²) in [5, 5.41) is 3.41. The average Bonchev–Trinajstić information content (AvgIpc) is 2.48. The quantitative estimate of drug-likeness (QED) is 0.859. The van der Waals surface area contributed by atoms with Gasteiger partial charge in [-0.25, -0.2) is 0 Å². The minimum absolute atomic E-state index is 0.401. The summed E-state index contributed by atoms with van der Waals surface area (Å²) >= 11 is 0. The van der Waals surface area contributed by atoms with Gasteiger partial charge in [-0.2, -0.15) is 0 Å². The molecule has 20 heavy (non-hydrogen) atoms. The zero-order chi connectivity index (χ0) is 14.5. The number of carbonyl (C=O) groups is 1. The predicted molar refractivity (Wildman–Crippen MR) is 83.5 cm³/mol. The van der Waals surface area contributed by atoms with Gasteiger partial charge in [0, 0.05) is 19.5 Å². The Labute approximate surface area is 124 Å². The van der Waals surface area contributed by atoms with Crippen LogP contribution in [0.1, 0.15) is 52.9 Å². The van der Waals surface area contributed by atoms with Gasteiger partial charge in [0.25, 0.3) is 0 Å². The molecule has 0 bridgehead atoms. The summed E-state index contributed by atoms with van der Waals surface area (Å²) in [5.74, 6) is 3.28. The average molecular weight is 280 g/mol. The van der Waals surface area contributed by atoms with Gasteiger partial charge in [0.05, 0.1) is 0 Å². The third-order valence-corrected chi connectivity index (χ3v) is 5.52. The molecular weight excluding hydrogens is 248 g/mol. The van der Waals surface area contributed by atoms with Crippen LogP contribution in [0.3, 0.4) is 0 Å². The normalized spacial score (nSPS) is 24.1. The fourth-order valence-electron chi connectivity index (χ4n) is 3.80. The van der Waals surface area contributed by atoms with E-state index in [-0.39, 0.29) is 0 Å². The van der Waals surface area contributed by atoms with E-state index in [2.05, 4.69) is 31.0 Å². The van der Waals surface area contributed by atoms with E-state index in [0.717, 1.165) is 50.4 Å². The van der Waals surface area contributed by atoms with Crippen LogP contribution >= 0.6 is 0 Å². The van der Waals surface area contributed by atoms with Crippen molar-refractivity contribution in [1.82, 2.24) is 10.2 Å². The number of rotatable bonds is 4. The molecule has 2 heterocycles. The Balaban J connectivity index is 1.74. The molecule has 1 atom stereocenters. The second-order valence-electron chi connectivity index (χ2n) is 7.23. The summed E-state index contributed by atoms with van der Waals surface area (Å²) in [6.07, 6.45) is 5.64. The fraction of sp³-hybridized carbons (Fsp3) is 0.941. The Morgan fingerprint density at radius 1 is 1.05 bits per heavy atom. The third-order valence-electron chi connectivity index (χ3n) is 5.52. The van der Waals surface area contributed by atoms with Crippen LogP contribution in [0.15, 0.2) is 0 Å². The Hall–Kier alpha value is -0.570. The molecule has 2 rings (SSSR count). The first-order valence-electron chi connectivity index (χ1n) is 8.56. The second kappa shape index (κ2) is 7.44. The number of nitrogens with one attached hydrogen (secondary N) is 1. The molecule has 2 aliphatic rings. The molecule has 2 fully saturated rings. The van der Waals surface area contributed by atoms with Gasteiger partial charge in [0.2, 0.25) is 5.91 Å². The first-order chi connectivity index (χ1) is 9.58. The van der Waals surface area contributed by atoms with Crippen LogP contribution in [0.25, 0.3) is 0 Å². The number of carbonyl (C=O) groups excluding carboxylic acids is 1. The van der Waals surface area contributed by atoms with Gasteiger partial charge in [0.1, 0.15) is 0 Å². The van der Waals surface area contributed by atoms with Crippen molar-refractivity contribution in [3.63, 3.8) is 0 Å². The van der Waals surface area contributed by atoms with Crippen molar-refractivity contribution in [2.45, 2.75) is 52.9 Å². The van der Waals surface area contributed by atoms with E-state index in [1.165, 1.54) is 25.7 Å². The summed E-state index contributed by atoms with van der Waals surface area (Å²) in [7, 11) is 0. The van der Waals surface area contributed by atoms with Crippen LogP contribution in [0, 0.1) is 23.7 Å². The van der Waals surface area contributed by atoms with Crippen molar-refractivity contribution in [3.8, 4) is 0 Å². The molecule has 3 nitrogen and oxygen atoms in total. The molecule has 1 unspecified atom stereocenters. The SMILES string of the molecule is CC(C)C1CCN(C(=O)CC(C)C2CCNCC2)CC1. The lowest BCUT2D eigenvalue weighted by atomic mass is 9.83. The molecule has 0 aliphatic carbocycles. The maximum absolute atomic E-state index is 12.4. The number of hydrogen-bond acceptors (Lipinski definition) is 2. The molecule has 2 aliphatic heterocycles. The van der Waals surface area contributed by atoms with Crippen LogP contribution in [0.5, 0.6) is 0 Å². The van der Waals surface area contributed by atoms with E-state index in [9.17, 15) is 4.79 Å². The molecular formula is C17H32N2O. The molecule has 0 saturated carbocycles. The van der Waals surface area contributed by atoms with Crippen LogP contribution in [-0.2, 0) is 4.79 Å². The minimum atomic E-state index is 0.401. The molecule has 3 heteroatoms. The van der Waals surface area contributed by atoms with Crippen molar-refractivity contribution in [2.24, 2.45) is 23.7 Å². The van der Waals surface area contributed by atoms with Crippen molar-refractivity contribution in [1.29, 1.82) is 0 Å². The molecule has 0 radical (unpaired) electrons. The number of amides is 1. The zero-order valence-corrected chi connectivity index (χ0v) is 13.5. The monoisotopic (exact) mass is 280 g/mol. The Morgan fingerprint density at radius 3 is 2.20 bits per heavy atom. The molecule has 0 aromatic rings. The van der Waals surface area contributed by atoms with Crippen LogP contribution < -0.4 is 5.32 Å². The molecule has 1 amide bonds. The van der Waals surface area contributed by atoms with E-state index in [0.29, 0.717) is 11.8 Å². The van der Waals surface area contributed by atoms with E-state index in [1.807, 2.05) is 0 Å². The van der Waals surface area contributed by atoms with E-state index < -0.39 is 0 Å². The number of piperidine rings is 2. The molecule has 0 aromatic carbocycles. The lowest BCUT2D eigenvalue weighted by molar-refractivity contribution is -0.134. The highest BCUT2D eigenvalue weighted by atomic mass is 16.2. The van der Waals surface area contributed by atoms with E-state index in [1.54, 1.807) is 0 Å². The van der Waals surface area contributed by atoms with Gasteiger partial charge in [-0.15, -0.1) is 0 Å². The summed E-state index contributed by atoms with van der Waals surface area (Å²) in [5.41, 5.74) is 0. The smallest absolute Gasteiger partial charge is 0.222 e. The second-order valence-corrected chi connectivity index (χ2v) is 7.23. The predicted octanol–water partition coefficient (Wildman–Crippen LogP) is 2.91. The van der Waals surface area contributed by atoms with E-state index >= 15 is 0 Å². The highest BCUT2D eigenvalue weighted by molar-refractivity contribution is 5.76. The molecule has 0 aromatic heterocycles. The number of nitrogens with zero attached hydrogens (tertiary/aromatic N) is 1. The van der Waals surface area contributed by atoms with Gasteiger partial charge in [-0.05, 0) is 62.4 Å². The van der Waals surface area contributed by atoms with Crippen LogP contribution in [-0.4, -0.2) is 37.0 Å². The zero-order valence-electron chi connectivity index (χ0n) is 13.5. The highest BCUT2D eigenvalue weighted by Gasteiger charge is 2.27. The van der Waals surface area contributed by atoms with E-state index in [4.69, 9.17) is 0 Å². The Kier molecular flexibility index (Phi) is 5.88. The summed E-state index contributed by atoms with van der Waals surface area (Å²) in [6.45, 7) is 11.1. The van der Waals surface area contributed by atoms with Crippen LogP contribution in [0.2, 0.25) is 0 Å². The number of hydrogen-bond donors (Lipinski definition) is 1. The van der Waals surface area contributed by atoms with Crippen molar-refractivity contribution >= 4 is 5.91 Å². The third kappa shape index (κ3) is 4.21. The van der Waals surface area contributed by atoms with Crippen LogP contribution in [0.4, 0.5) is 0 Å². The number of likely N-dealkylation sites (tertiary alicyclic amines) is 1. The van der Waals surface area contributed by atoms with Crippen molar-refractivity contribution in [3.05, 3.63) is 0 Å². The lowest BCUT2D eigenvalue weighted by Crippen LogP contribution is -2.41. The largest absolute Gasteiger partial charge is 0.343 e. The van der Waals surface area contributed by atoms with Gasteiger partial charge in [-0.1, -0.05) is 20.8 Å². The molecule has 2 saturated heterocycles. The molecule has 1 N–H and O–H groups in total. The van der Waals surface area contributed by atoms with Gasteiger partial charge in [-0.3, -0.25) is 4.79 Å². The first kappa shape index (κ1) is 15.8. The highest BCUT2D eigenvalue weighted by Crippen LogP contribution is 2.28. The maximum atomic E-state index is 12.4. The van der Waals surface area contributed by atoms with Gasteiger partial charge < -0.3 is 10.2 Å². The fourth-order valence-corrected chi connectivity index (χ4v) is 3.80. The standard InChI is InChI=1S/C17H32N2O/c1-13(2)15-6-10-19(11-7-15)17(20)12-14(3)16-4-8-18-9-5-16/h13-16,18H,4-12H2,1-3H3. The van der Waals surface area contributed by atoms with Gasteiger partial charge >= 0.3 is 0 Å². The van der Waals surface area contributed by atoms with Crippen molar-refractivity contribution in [2.75, 3.05) is 26.2 Å².